The van der Waals surface area contributed by atoms with Crippen LogP contribution in [0.1, 0.15) is 39.3 Å². The third-order valence-corrected chi connectivity index (χ3v) is 5.52. The van der Waals surface area contributed by atoms with Crippen molar-refractivity contribution in [3.05, 3.63) is 59.0 Å². The molecule has 1 amide bonds. The van der Waals surface area contributed by atoms with Crippen LogP contribution in [-0.2, 0) is 6.42 Å². The fraction of sp³-hybridized carbons (Fsp3) is 0.304. The van der Waals surface area contributed by atoms with E-state index in [0.717, 1.165) is 36.3 Å². The number of likely N-dealkylation sites (N-methyl/N-ethyl adjacent to an activating group) is 1. The summed E-state index contributed by atoms with van der Waals surface area (Å²) in [5.41, 5.74) is 9.70. The summed E-state index contributed by atoms with van der Waals surface area (Å²) in [7, 11) is 3.95. The summed E-state index contributed by atoms with van der Waals surface area (Å²) in [6.07, 6.45) is 1.97. The number of halogens is 1. The number of hydrogen-bond donors (Lipinski definition) is 2. The summed E-state index contributed by atoms with van der Waals surface area (Å²) in [5.74, 6) is -0.829. The van der Waals surface area contributed by atoms with Crippen LogP contribution in [0.15, 0.2) is 36.4 Å². The molecule has 30 heavy (non-hydrogen) atoms. The maximum Gasteiger partial charge on any atom is 0.250 e. The first kappa shape index (κ1) is 20.1. The Hall–Kier alpha value is -3.19. The van der Waals surface area contributed by atoms with E-state index in [1.54, 1.807) is 12.1 Å². The molecule has 2 aromatic carbocycles. The highest BCUT2D eigenvalue weighted by Crippen LogP contribution is 2.36. The number of aromatic nitrogens is 1. The SMILES string of the molecule is CN(C)CCNc1cc(-n2c3c(c4cc(F)ccc42)C(=O)CCC3)ccc1C(N)=O. The van der Waals surface area contributed by atoms with Gasteiger partial charge in [0, 0.05) is 47.5 Å². The number of carbonyl (C=O) groups is 2. The number of ketones is 1. The molecule has 0 radical (unpaired) electrons. The Balaban J connectivity index is 1.88. The van der Waals surface area contributed by atoms with Crippen LogP contribution in [-0.4, -0.2) is 48.3 Å². The Morgan fingerprint density at radius 2 is 2.00 bits per heavy atom. The maximum absolute atomic E-state index is 14.0. The molecule has 1 heterocycles. The number of benzene rings is 2. The minimum atomic E-state index is -0.509. The molecule has 0 saturated carbocycles. The minimum Gasteiger partial charge on any atom is -0.383 e. The van der Waals surface area contributed by atoms with E-state index in [-0.39, 0.29) is 11.6 Å². The second-order valence-electron chi connectivity index (χ2n) is 7.92. The van der Waals surface area contributed by atoms with Gasteiger partial charge >= 0.3 is 0 Å². The normalized spacial score (nSPS) is 13.7. The van der Waals surface area contributed by atoms with Crippen LogP contribution in [0.5, 0.6) is 0 Å². The standard InChI is InChI=1S/C23H25FN4O2/c1-27(2)11-10-26-18-13-15(7-8-16(18)23(25)30)28-19-9-6-14(24)12-17(19)22-20(28)4-3-5-21(22)29/h6-9,12-13,26H,3-5,10-11H2,1-2H3,(H2,25,30). The van der Waals surface area contributed by atoms with Gasteiger partial charge in [0.15, 0.2) is 5.78 Å². The van der Waals surface area contributed by atoms with E-state index in [1.165, 1.54) is 12.1 Å². The van der Waals surface area contributed by atoms with Crippen molar-refractivity contribution < 1.29 is 14.0 Å². The summed E-state index contributed by atoms with van der Waals surface area (Å²) < 4.78 is 16.0. The van der Waals surface area contributed by atoms with Crippen molar-refractivity contribution in [2.24, 2.45) is 5.73 Å². The van der Waals surface area contributed by atoms with Crippen LogP contribution in [0.2, 0.25) is 0 Å². The number of Topliss-reactive ketones (excluding diaryl/α,β-unsaturated/α-hetero) is 1. The first-order valence-electron chi connectivity index (χ1n) is 10.1. The molecule has 0 unspecified atom stereocenters. The number of amides is 1. The van der Waals surface area contributed by atoms with Gasteiger partial charge in [0.05, 0.1) is 11.1 Å². The van der Waals surface area contributed by atoms with E-state index in [4.69, 9.17) is 5.73 Å². The fourth-order valence-electron chi connectivity index (χ4n) is 4.15. The predicted molar refractivity (Wildman–Crippen MR) is 116 cm³/mol. The molecular formula is C23H25FN4O2. The van der Waals surface area contributed by atoms with E-state index in [0.29, 0.717) is 35.2 Å². The third kappa shape index (κ3) is 3.57. The number of anilines is 1. The fourth-order valence-corrected chi connectivity index (χ4v) is 4.15. The van der Waals surface area contributed by atoms with Crippen molar-refractivity contribution in [2.75, 3.05) is 32.5 Å². The lowest BCUT2D eigenvalue weighted by Gasteiger charge is -2.18. The van der Waals surface area contributed by atoms with Crippen LogP contribution in [0.4, 0.5) is 10.1 Å². The molecule has 3 N–H and O–H groups in total. The molecule has 0 spiro atoms. The average molecular weight is 408 g/mol. The molecule has 6 nitrogen and oxygen atoms in total. The summed E-state index contributed by atoms with van der Waals surface area (Å²) in [4.78, 5) is 26.6. The number of nitrogens with zero attached hydrogens (tertiary/aromatic N) is 2. The minimum absolute atomic E-state index is 0.0451. The molecule has 0 aliphatic heterocycles. The number of fused-ring (bicyclic) bond motifs is 3. The number of hydrogen-bond acceptors (Lipinski definition) is 4. The molecule has 156 valence electrons. The molecule has 0 saturated heterocycles. The van der Waals surface area contributed by atoms with Crippen LogP contribution in [0.25, 0.3) is 16.6 Å². The molecular weight excluding hydrogens is 383 g/mol. The molecule has 7 heteroatoms. The second kappa shape index (κ2) is 7.91. The lowest BCUT2D eigenvalue weighted by Crippen LogP contribution is -2.22. The van der Waals surface area contributed by atoms with Gasteiger partial charge in [0.1, 0.15) is 5.82 Å². The number of nitrogens with two attached hydrogens (primary N) is 1. The smallest absolute Gasteiger partial charge is 0.250 e. The van der Waals surface area contributed by atoms with Gasteiger partial charge in [-0.1, -0.05) is 0 Å². The van der Waals surface area contributed by atoms with Gasteiger partial charge < -0.3 is 20.5 Å². The zero-order valence-corrected chi connectivity index (χ0v) is 17.2. The van der Waals surface area contributed by atoms with Crippen LogP contribution < -0.4 is 11.1 Å². The highest BCUT2D eigenvalue weighted by Gasteiger charge is 2.27. The van der Waals surface area contributed by atoms with Gasteiger partial charge in [-0.15, -0.1) is 0 Å². The number of carbonyl (C=O) groups excluding carboxylic acids is 2. The van der Waals surface area contributed by atoms with Gasteiger partial charge in [-0.3, -0.25) is 9.59 Å². The van der Waals surface area contributed by atoms with E-state index in [2.05, 4.69) is 5.32 Å². The Morgan fingerprint density at radius 1 is 1.20 bits per heavy atom. The zero-order chi connectivity index (χ0) is 21.4. The first-order chi connectivity index (χ1) is 14.4. The first-order valence-corrected chi connectivity index (χ1v) is 10.1. The zero-order valence-electron chi connectivity index (χ0n) is 17.2. The summed E-state index contributed by atoms with van der Waals surface area (Å²) in [6.45, 7) is 1.43. The largest absolute Gasteiger partial charge is 0.383 e. The summed E-state index contributed by atoms with van der Waals surface area (Å²) >= 11 is 0. The number of nitrogens with one attached hydrogen (secondary N) is 1. The summed E-state index contributed by atoms with van der Waals surface area (Å²) in [5, 5.41) is 3.93. The van der Waals surface area contributed by atoms with Crippen molar-refractivity contribution in [3.8, 4) is 5.69 Å². The number of rotatable bonds is 6. The second-order valence-corrected chi connectivity index (χ2v) is 7.92. The van der Waals surface area contributed by atoms with Gasteiger partial charge in [0.25, 0.3) is 5.91 Å². The quantitative estimate of drug-likeness (QED) is 0.655. The number of primary amides is 1. The van der Waals surface area contributed by atoms with E-state index in [9.17, 15) is 14.0 Å². The van der Waals surface area contributed by atoms with Gasteiger partial charge in [-0.25, -0.2) is 4.39 Å². The van der Waals surface area contributed by atoms with E-state index in [1.807, 2.05) is 35.7 Å². The highest BCUT2D eigenvalue weighted by molar-refractivity contribution is 6.11. The maximum atomic E-state index is 14.0. The van der Waals surface area contributed by atoms with Crippen molar-refractivity contribution in [1.82, 2.24) is 9.47 Å². The third-order valence-electron chi connectivity index (χ3n) is 5.52. The lowest BCUT2D eigenvalue weighted by molar-refractivity contribution is 0.0971. The van der Waals surface area contributed by atoms with Crippen molar-refractivity contribution in [2.45, 2.75) is 19.3 Å². The van der Waals surface area contributed by atoms with Gasteiger partial charge in [0.2, 0.25) is 0 Å². The summed E-state index contributed by atoms with van der Waals surface area (Å²) in [6, 6.07) is 9.93. The Bertz CT molecular complexity index is 1150. The van der Waals surface area contributed by atoms with E-state index < -0.39 is 5.91 Å². The van der Waals surface area contributed by atoms with Crippen LogP contribution in [0.3, 0.4) is 0 Å². The molecule has 0 fully saturated rings. The Kier molecular flexibility index (Phi) is 5.30. The average Bonchev–Trinajstić information content (AvgIpc) is 3.02. The molecule has 0 bridgehead atoms. The molecule has 1 aliphatic carbocycles. The molecule has 1 aromatic heterocycles. The Morgan fingerprint density at radius 3 is 2.73 bits per heavy atom. The topological polar surface area (TPSA) is 80.4 Å². The van der Waals surface area contributed by atoms with Crippen LogP contribution >= 0.6 is 0 Å². The predicted octanol–water partition coefficient (Wildman–Crippen LogP) is 3.36. The highest BCUT2D eigenvalue weighted by atomic mass is 19.1. The van der Waals surface area contributed by atoms with Gasteiger partial charge in [-0.05, 0) is 63.3 Å². The van der Waals surface area contributed by atoms with Crippen molar-refractivity contribution >= 4 is 28.3 Å². The Labute approximate surface area is 174 Å². The van der Waals surface area contributed by atoms with Gasteiger partial charge in [-0.2, -0.15) is 0 Å². The molecule has 0 atom stereocenters. The van der Waals surface area contributed by atoms with Crippen LogP contribution in [0, 0.1) is 5.82 Å². The molecule has 3 aromatic rings. The van der Waals surface area contributed by atoms with Crippen molar-refractivity contribution in [3.63, 3.8) is 0 Å². The monoisotopic (exact) mass is 408 g/mol. The molecule has 1 aliphatic rings. The lowest BCUT2D eigenvalue weighted by atomic mass is 9.94. The van der Waals surface area contributed by atoms with Crippen molar-refractivity contribution in [1.29, 1.82) is 0 Å². The van der Waals surface area contributed by atoms with E-state index >= 15 is 0 Å². The molecule has 4 rings (SSSR count).